The van der Waals surface area contributed by atoms with Crippen molar-refractivity contribution >= 4 is 0 Å². The number of nitrogens with zero attached hydrogens (tertiary/aromatic N) is 4. The first kappa shape index (κ1) is 13.7. The normalized spacial score (nSPS) is 35.4. The average Bonchev–Trinajstić information content (AvgIpc) is 2.48. The summed E-state index contributed by atoms with van der Waals surface area (Å²) in [6.45, 7) is 0. The van der Waals surface area contributed by atoms with Crippen LogP contribution in [-0.4, -0.2) is 0 Å². The molecule has 0 unspecified atom stereocenters. The van der Waals surface area contributed by atoms with E-state index in [1.807, 2.05) is 24.3 Å². The highest BCUT2D eigenvalue weighted by molar-refractivity contribution is 5.46. The van der Waals surface area contributed by atoms with Gasteiger partial charge in [-0.05, 0) is 67.3 Å². The molecule has 4 heteroatoms. The average molecular weight is 276 g/mol. The van der Waals surface area contributed by atoms with Gasteiger partial charge in [0, 0.05) is 0 Å². The molecule has 4 saturated carbocycles. The largest absolute Gasteiger partial charge is 0.197 e. The second-order valence-corrected chi connectivity index (χ2v) is 6.70. The van der Waals surface area contributed by atoms with E-state index in [0.717, 1.165) is 37.5 Å². The molecule has 0 N–H and O–H groups in total. The van der Waals surface area contributed by atoms with Crippen LogP contribution in [0.4, 0.5) is 0 Å². The highest BCUT2D eigenvalue weighted by atomic mass is 14.6. The fourth-order valence-electron chi connectivity index (χ4n) is 5.26. The molecule has 0 aromatic carbocycles. The van der Waals surface area contributed by atoms with E-state index in [-0.39, 0.29) is 11.5 Å². The summed E-state index contributed by atoms with van der Waals surface area (Å²) in [6.07, 6.45) is 5.86. The van der Waals surface area contributed by atoms with Crippen molar-refractivity contribution in [2.75, 3.05) is 0 Å². The monoisotopic (exact) mass is 276 g/mol. The Hall–Kier alpha value is -2.30. The lowest BCUT2D eigenvalue weighted by Gasteiger charge is -2.55. The molecule has 0 radical (unpaired) electrons. The van der Waals surface area contributed by atoms with Crippen molar-refractivity contribution in [3.8, 4) is 24.3 Å². The van der Waals surface area contributed by atoms with Gasteiger partial charge in [0.1, 0.15) is 17.7 Å². The van der Waals surface area contributed by atoms with Crippen LogP contribution >= 0.6 is 0 Å². The molecule has 4 aliphatic carbocycles. The summed E-state index contributed by atoms with van der Waals surface area (Å²) >= 11 is 0. The zero-order valence-electron chi connectivity index (χ0n) is 11.8. The lowest BCUT2D eigenvalue weighted by molar-refractivity contribution is -0.0226. The Bertz CT molecular complexity index is 588. The Morgan fingerprint density at radius 3 is 1.62 bits per heavy atom. The number of hydrogen-bond acceptors (Lipinski definition) is 4. The van der Waals surface area contributed by atoms with Crippen molar-refractivity contribution in [2.45, 2.75) is 32.1 Å². The standard InChI is InChI=1S/C17H16N4/c18-6-14(7-19)17(15(8-20)9-21)16-12-2-10-1-11(4-12)5-13(16)3-10/h10-14,16H,1-5H2. The lowest BCUT2D eigenvalue weighted by Crippen LogP contribution is -2.46. The van der Waals surface area contributed by atoms with Crippen LogP contribution in [0.3, 0.4) is 0 Å². The maximum atomic E-state index is 9.27. The molecule has 0 aliphatic heterocycles. The fraction of sp³-hybridized carbons (Fsp3) is 0.647. The number of nitriles is 4. The van der Waals surface area contributed by atoms with Gasteiger partial charge in [-0.15, -0.1) is 0 Å². The molecule has 4 aliphatic rings. The molecular weight excluding hydrogens is 260 g/mol. The lowest BCUT2D eigenvalue weighted by atomic mass is 9.49. The van der Waals surface area contributed by atoms with Crippen LogP contribution in [0.5, 0.6) is 0 Å². The van der Waals surface area contributed by atoms with Gasteiger partial charge in [-0.2, -0.15) is 21.0 Å². The number of rotatable bonds is 2. The Labute approximate surface area is 124 Å². The van der Waals surface area contributed by atoms with E-state index in [1.165, 1.54) is 6.42 Å². The second kappa shape index (κ2) is 5.24. The zero-order valence-corrected chi connectivity index (χ0v) is 11.8. The van der Waals surface area contributed by atoms with Crippen molar-refractivity contribution < 1.29 is 0 Å². The Kier molecular flexibility index (Phi) is 3.41. The molecule has 0 spiro atoms. The third-order valence-corrected chi connectivity index (χ3v) is 5.67. The van der Waals surface area contributed by atoms with Gasteiger partial charge in [0.05, 0.1) is 12.1 Å². The molecule has 0 amide bonds. The van der Waals surface area contributed by atoms with Crippen LogP contribution in [0.2, 0.25) is 0 Å². The smallest absolute Gasteiger partial charge is 0.156 e. The van der Waals surface area contributed by atoms with Gasteiger partial charge >= 0.3 is 0 Å². The van der Waals surface area contributed by atoms with Crippen molar-refractivity contribution in [3.05, 3.63) is 11.1 Å². The third-order valence-electron chi connectivity index (χ3n) is 5.67. The van der Waals surface area contributed by atoms with Gasteiger partial charge in [-0.1, -0.05) is 0 Å². The van der Waals surface area contributed by atoms with Gasteiger partial charge in [-0.25, -0.2) is 0 Å². The van der Waals surface area contributed by atoms with Crippen molar-refractivity contribution in [1.82, 2.24) is 0 Å². The molecule has 0 heterocycles. The Morgan fingerprint density at radius 1 is 0.762 bits per heavy atom. The molecular formula is C17H16N4. The van der Waals surface area contributed by atoms with Crippen LogP contribution in [-0.2, 0) is 0 Å². The van der Waals surface area contributed by atoms with Crippen LogP contribution in [0, 0.1) is 80.8 Å². The van der Waals surface area contributed by atoms with Gasteiger partial charge in [-0.3, -0.25) is 0 Å². The molecule has 4 rings (SSSR count). The Morgan fingerprint density at radius 2 is 1.24 bits per heavy atom. The zero-order chi connectivity index (χ0) is 15.0. The highest BCUT2D eigenvalue weighted by Crippen LogP contribution is 2.59. The molecule has 0 aromatic heterocycles. The molecule has 0 saturated heterocycles. The molecule has 104 valence electrons. The maximum Gasteiger partial charge on any atom is 0.156 e. The van der Waals surface area contributed by atoms with Crippen molar-refractivity contribution in [1.29, 1.82) is 21.0 Å². The first-order valence-corrected chi connectivity index (χ1v) is 7.55. The minimum Gasteiger partial charge on any atom is -0.197 e. The third kappa shape index (κ3) is 2.09. The molecule has 0 aromatic rings. The summed E-state index contributed by atoms with van der Waals surface area (Å²) in [5, 5.41) is 37.0. The topological polar surface area (TPSA) is 95.2 Å². The molecule has 4 fully saturated rings. The van der Waals surface area contributed by atoms with E-state index in [2.05, 4.69) is 0 Å². The highest BCUT2D eigenvalue weighted by Gasteiger charge is 2.50. The van der Waals surface area contributed by atoms with Crippen LogP contribution in [0.15, 0.2) is 11.1 Å². The molecule has 21 heavy (non-hydrogen) atoms. The number of hydrogen-bond donors (Lipinski definition) is 0. The summed E-state index contributed by atoms with van der Waals surface area (Å²) in [7, 11) is 0. The number of allylic oxidation sites excluding steroid dienone is 2. The van der Waals surface area contributed by atoms with E-state index in [9.17, 15) is 21.0 Å². The quantitative estimate of drug-likeness (QED) is 0.724. The van der Waals surface area contributed by atoms with E-state index in [1.54, 1.807) is 0 Å². The van der Waals surface area contributed by atoms with E-state index in [0.29, 0.717) is 17.4 Å². The summed E-state index contributed by atoms with van der Waals surface area (Å²) in [5.41, 5.74) is 0.527. The maximum absolute atomic E-state index is 9.27. The summed E-state index contributed by atoms with van der Waals surface area (Å²) in [4.78, 5) is 0. The summed E-state index contributed by atoms with van der Waals surface area (Å²) in [6, 6.07) is 7.83. The SMILES string of the molecule is N#CC(C#N)=C(C(C#N)C#N)C1C2CC3CC(C2)CC1C3. The first-order chi connectivity index (χ1) is 10.2. The predicted octanol–water partition coefficient (Wildman–Crippen LogP) is 3.07. The molecule has 4 nitrogen and oxygen atoms in total. The second-order valence-electron chi connectivity index (χ2n) is 6.70. The fourth-order valence-corrected chi connectivity index (χ4v) is 5.26. The van der Waals surface area contributed by atoms with Gasteiger partial charge in [0.25, 0.3) is 0 Å². The van der Waals surface area contributed by atoms with Gasteiger partial charge in [0.15, 0.2) is 5.92 Å². The van der Waals surface area contributed by atoms with E-state index >= 15 is 0 Å². The van der Waals surface area contributed by atoms with Gasteiger partial charge in [0.2, 0.25) is 0 Å². The van der Waals surface area contributed by atoms with E-state index < -0.39 is 5.92 Å². The van der Waals surface area contributed by atoms with Crippen LogP contribution < -0.4 is 0 Å². The molecule has 0 atom stereocenters. The predicted molar refractivity (Wildman–Crippen MR) is 73.5 cm³/mol. The van der Waals surface area contributed by atoms with Crippen LogP contribution in [0.25, 0.3) is 0 Å². The minimum absolute atomic E-state index is 0.000531. The van der Waals surface area contributed by atoms with Gasteiger partial charge < -0.3 is 0 Å². The van der Waals surface area contributed by atoms with Crippen molar-refractivity contribution in [3.63, 3.8) is 0 Å². The molecule has 4 bridgehead atoms. The Balaban J connectivity index is 2.05. The summed E-state index contributed by atoms with van der Waals surface area (Å²) in [5.74, 6) is 1.60. The first-order valence-electron chi connectivity index (χ1n) is 7.55. The van der Waals surface area contributed by atoms with Crippen LogP contribution in [0.1, 0.15) is 32.1 Å². The summed E-state index contributed by atoms with van der Waals surface area (Å²) < 4.78 is 0. The minimum atomic E-state index is -0.957. The van der Waals surface area contributed by atoms with E-state index in [4.69, 9.17) is 0 Å². The van der Waals surface area contributed by atoms with Crippen molar-refractivity contribution in [2.24, 2.45) is 35.5 Å².